The topological polar surface area (TPSA) is 0 Å². The lowest BCUT2D eigenvalue weighted by molar-refractivity contribution is 0.332. The summed E-state index contributed by atoms with van der Waals surface area (Å²) in [6, 6.07) is 24.5. The molecule has 0 radical (unpaired) electrons. The Kier molecular flexibility index (Phi) is 4.55. The Labute approximate surface area is 171 Å². The molecule has 3 aromatic rings. The van der Waals surface area contributed by atoms with E-state index >= 15 is 0 Å². The second kappa shape index (κ2) is 6.63. The van der Waals surface area contributed by atoms with Crippen LogP contribution in [-0.2, 0) is 10.8 Å². The molecule has 1 aliphatic carbocycles. The van der Waals surface area contributed by atoms with Crippen molar-refractivity contribution >= 4 is 15.9 Å². The molecular formula is C26H27Br. The van der Waals surface area contributed by atoms with E-state index in [1.54, 1.807) is 0 Å². The number of benzene rings is 3. The second-order valence-corrected chi connectivity index (χ2v) is 10.0. The van der Waals surface area contributed by atoms with Gasteiger partial charge >= 0.3 is 0 Å². The van der Waals surface area contributed by atoms with Crippen LogP contribution in [0.2, 0.25) is 0 Å². The number of fused-ring (bicyclic) bond motifs is 1. The molecule has 1 aliphatic rings. The Bertz CT molecular complexity index is 995. The second-order valence-electron chi connectivity index (χ2n) is 9.12. The monoisotopic (exact) mass is 418 g/mol. The highest BCUT2D eigenvalue weighted by Gasteiger charge is 2.36. The minimum Gasteiger partial charge on any atom is -0.0610 e. The van der Waals surface area contributed by atoms with E-state index < -0.39 is 0 Å². The summed E-state index contributed by atoms with van der Waals surface area (Å²) in [5, 5.41) is 0. The van der Waals surface area contributed by atoms with Crippen LogP contribution in [0.1, 0.15) is 51.7 Å². The van der Waals surface area contributed by atoms with Gasteiger partial charge in [0.2, 0.25) is 0 Å². The molecule has 0 aromatic heterocycles. The fraction of sp³-hybridized carbons (Fsp3) is 0.308. The first-order valence-electron chi connectivity index (χ1n) is 9.78. The van der Waals surface area contributed by atoms with Gasteiger partial charge in [-0.2, -0.15) is 0 Å². The molecule has 27 heavy (non-hydrogen) atoms. The van der Waals surface area contributed by atoms with Crippen LogP contribution in [0.25, 0.3) is 22.3 Å². The highest BCUT2D eigenvalue weighted by atomic mass is 79.9. The first kappa shape index (κ1) is 18.5. The van der Waals surface area contributed by atoms with Crippen molar-refractivity contribution in [1.82, 2.24) is 0 Å². The zero-order valence-corrected chi connectivity index (χ0v) is 18.2. The average Bonchev–Trinajstić information content (AvgIpc) is 2.65. The highest BCUT2D eigenvalue weighted by Crippen LogP contribution is 2.46. The lowest BCUT2D eigenvalue weighted by atomic mass is 9.63. The quantitative estimate of drug-likeness (QED) is 0.393. The molecule has 0 bridgehead atoms. The van der Waals surface area contributed by atoms with Gasteiger partial charge in [-0.1, -0.05) is 92.2 Å². The van der Waals surface area contributed by atoms with Crippen molar-refractivity contribution < 1.29 is 0 Å². The summed E-state index contributed by atoms with van der Waals surface area (Å²) >= 11 is 3.59. The van der Waals surface area contributed by atoms with Gasteiger partial charge in [0, 0.05) is 4.47 Å². The third-order valence-corrected chi connectivity index (χ3v) is 6.70. The van der Waals surface area contributed by atoms with Crippen LogP contribution in [0.3, 0.4) is 0 Å². The van der Waals surface area contributed by atoms with Crippen molar-refractivity contribution in [2.45, 2.75) is 51.4 Å². The fourth-order valence-corrected chi connectivity index (χ4v) is 4.71. The molecule has 0 saturated carbocycles. The Hall–Kier alpha value is -1.86. The van der Waals surface area contributed by atoms with E-state index in [1.807, 2.05) is 0 Å². The molecule has 0 amide bonds. The van der Waals surface area contributed by atoms with E-state index in [4.69, 9.17) is 0 Å². The standard InChI is InChI=1S/C26H27Br/c1-25(2)13-14-26(3,4)24-17-21(11-12-23(24)25)19-8-5-7-18(15-19)20-9-6-10-22(27)16-20/h5-12,15-17H,13-14H2,1-4H3. The van der Waals surface area contributed by atoms with Crippen LogP contribution in [0, 0.1) is 0 Å². The molecule has 0 spiro atoms. The molecular weight excluding hydrogens is 392 g/mol. The molecule has 0 aliphatic heterocycles. The van der Waals surface area contributed by atoms with E-state index in [1.165, 1.54) is 46.2 Å². The summed E-state index contributed by atoms with van der Waals surface area (Å²) in [5.41, 5.74) is 8.64. The van der Waals surface area contributed by atoms with Crippen LogP contribution in [-0.4, -0.2) is 0 Å². The molecule has 138 valence electrons. The van der Waals surface area contributed by atoms with E-state index in [2.05, 4.69) is 110 Å². The SMILES string of the molecule is CC1(C)CCC(C)(C)c2cc(-c3cccc(-c4cccc(Br)c4)c3)ccc21. The van der Waals surface area contributed by atoms with Gasteiger partial charge in [0.1, 0.15) is 0 Å². The first-order valence-corrected chi connectivity index (χ1v) is 10.6. The van der Waals surface area contributed by atoms with E-state index in [9.17, 15) is 0 Å². The zero-order valence-electron chi connectivity index (χ0n) is 16.6. The van der Waals surface area contributed by atoms with Crippen LogP contribution < -0.4 is 0 Å². The molecule has 1 heteroatoms. The smallest absolute Gasteiger partial charge is 0.0181 e. The van der Waals surface area contributed by atoms with Crippen LogP contribution in [0.15, 0.2) is 71.2 Å². The summed E-state index contributed by atoms with van der Waals surface area (Å²) < 4.78 is 1.11. The summed E-state index contributed by atoms with van der Waals surface area (Å²) in [6.45, 7) is 9.55. The normalized spacial score (nSPS) is 17.4. The highest BCUT2D eigenvalue weighted by molar-refractivity contribution is 9.10. The number of rotatable bonds is 2. The van der Waals surface area contributed by atoms with Crippen LogP contribution in [0.4, 0.5) is 0 Å². The van der Waals surface area contributed by atoms with Crippen LogP contribution >= 0.6 is 15.9 Å². The average molecular weight is 419 g/mol. The van der Waals surface area contributed by atoms with Crippen molar-refractivity contribution in [3.63, 3.8) is 0 Å². The largest absolute Gasteiger partial charge is 0.0610 e. The molecule has 0 fully saturated rings. The maximum atomic E-state index is 3.59. The minimum atomic E-state index is 0.239. The van der Waals surface area contributed by atoms with Gasteiger partial charge in [-0.15, -0.1) is 0 Å². The van der Waals surface area contributed by atoms with E-state index in [-0.39, 0.29) is 10.8 Å². The Morgan fingerprint density at radius 2 is 1.11 bits per heavy atom. The van der Waals surface area contributed by atoms with Crippen molar-refractivity contribution in [2.75, 3.05) is 0 Å². The van der Waals surface area contributed by atoms with Crippen molar-refractivity contribution in [3.05, 3.63) is 82.3 Å². The summed E-state index contributed by atoms with van der Waals surface area (Å²) in [5.74, 6) is 0. The molecule has 0 atom stereocenters. The molecule has 0 heterocycles. The lowest BCUT2D eigenvalue weighted by Gasteiger charge is -2.42. The van der Waals surface area contributed by atoms with Gasteiger partial charge in [0.05, 0.1) is 0 Å². The zero-order chi connectivity index (χ0) is 19.2. The number of halogens is 1. The van der Waals surface area contributed by atoms with Gasteiger partial charge < -0.3 is 0 Å². The predicted octanol–water partition coefficient (Wildman–Crippen LogP) is 8.13. The third kappa shape index (κ3) is 3.50. The van der Waals surface area contributed by atoms with Crippen molar-refractivity contribution in [3.8, 4) is 22.3 Å². The van der Waals surface area contributed by atoms with Crippen molar-refractivity contribution in [2.24, 2.45) is 0 Å². The maximum absolute atomic E-state index is 3.59. The molecule has 0 unspecified atom stereocenters. The van der Waals surface area contributed by atoms with Gasteiger partial charge in [-0.05, 0) is 75.3 Å². The van der Waals surface area contributed by atoms with Crippen molar-refractivity contribution in [1.29, 1.82) is 0 Å². The molecule has 0 saturated heterocycles. The van der Waals surface area contributed by atoms with Gasteiger partial charge in [-0.3, -0.25) is 0 Å². The van der Waals surface area contributed by atoms with Crippen LogP contribution in [0.5, 0.6) is 0 Å². The van der Waals surface area contributed by atoms with Gasteiger partial charge in [0.15, 0.2) is 0 Å². The van der Waals surface area contributed by atoms with E-state index in [0.29, 0.717) is 0 Å². The molecule has 0 N–H and O–H groups in total. The van der Waals surface area contributed by atoms with E-state index in [0.717, 1.165) is 4.47 Å². The predicted molar refractivity (Wildman–Crippen MR) is 120 cm³/mol. The lowest BCUT2D eigenvalue weighted by Crippen LogP contribution is -2.33. The molecule has 4 rings (SSSR count). The molecule has 0 nitrogen and oxygen atoms in total. The Morgan fingerprint density at radius 1 is 0.593 bits per heavy atom. The summed E-state index contributed by atoms with van der Waals surface area (Å²) in [6.07, 6.45) is 2.50. The molecule has 3 aromatic carbocycles. The third-order valence-electron chi connectivity index (χ3n) is 6.21. The maximum Gasteiger partial charge on any atom is 0.0181 e. The van der Waals surface area contributed by atoms with Gasteiger partial charge in [-0.25, -0.2) is 0 Å². The Morgan fingerprint density at radius 3 is 1.74 bits per heavy atom. The Balaban J connectivity index is 1.80. The number of hydrogen-bond acceptors (Lipinski definition) is 0. The minimum absolute atomic E-state index is 0.239. The van der Waals surface area contributed by atoms with Gasteiger partial charge in [0.25, 0.3) is 0 Å². The summed E-state index contributed by atoms with van der Waals surface area (Å²) in [7, 11) is 0. The fourth-order valence-electron chi connectivity index (χ4n) is 4.31. The first-order chi connectivity index (χ1) is 12.8. The number of hydrogen-bond donors (Lipinski definition) is 0. The summed E-state index contributed by atoms with van der Waals surface area (Å²) in [4.78, 5) is 0.